The topological polar surface area (TPSA) is 23.5 Å². The molecule has 17 heavy (non-hydrogen) atoms. The molecule has 0 saturated carbocycles. The van der Waals surface area contributed by atoms with Crippen molar-refractivity contribution in [1.82, 2.24) is 4.90 Å². The Labute approximate surface area is 97.7 Å². The fraction of sp³-hybridized carbons (Fsp3) is 0.500. The maximum Gasteiger partial charge on any atom is 0.419 e. The van der Waals surface area contributed by atoms with Gasteiger partial charge in [-0.25, -0.2) is 0 Å². The summed E-state index contributed by atoms with van der Waals surface area (Å²) < 4.78 is 37.7. The zero-order valence-electron chi connectivity index (χ0n) is 9.30. The van der Waals surface area contributed by atoms with Crippen molar-refractivity contribution in [3.8, 4) is 5.75 Å². The quantitative estimate of drug-likeness (QED) is 0.865. The van der Waals surface area contributed by atoms with E-state index in [1.165, 1.54) is 0 Å². The second-order valence-corrected chi connectivity index (χ2v) is 4.33. The summed E-state index contributed by atoms with van der Waals surface area (Å²) in [4.78, 5) is 2.12. The second kappa shape index (κ2) is 4.56. The first kappa shape index (κ1) is 12.2. The summed E-state index contributed by atoms with van der Waals surface area (Å²) in [5.74, 6) is -0.706. The number of likely N-dealkylation sites (tertiary alicyclic amines) is 1. The van der Waals surface area contributed by atoms with Crippen molar-refractivity contribution in [3.05, 3.63) is 29.3 Å². The molecule has 2 rings (SSSR count). The molecule has 2 nitrogen and oxygen atoms in total. The van der Waals surface area contributed by atoms with Gasteiger partial charge in [-0.15, -0.1) is 0 Å². The molecule has 1 saturated heterocycles. The zero-order chi connectivity index (χ0) is 12.5. The van der Waals surface area contributed by atoms with E-state index >= 15 is 0 Å². The molecule has 1 aromatic carbocycles. The van der Waals surface area contributed by atoms with Crippen molar-refractivity contribution in [2.75, 3.05) is 13.1 Å². The molecule has 0 spiro atoms. The number of nitrogens with zero attached hydrogens (tertiary/aromatic N) is 1. The van der Waals surface area contributed by atoms with Gasteiger partial charge >= 0.3 is 6.18 Å². The number of hydrogen-bond donors (Lipinski definition) is 1. The molecule has 0 aliphatic carbocycles. The first-order valence-electron chi connectivity index (χ1n) is 5.58. The van der Waals surface area contributed by atoms with Gasteiger partial charge in [0.05, 0.1) is 5.56 Å². The lowest BCUT2D eigenvalue weighted by Crippen LogP contribution is -2.18. The summed E-state index contributed by atoms with van der Waals surface area (Å²) in [7, 11) is 0. The standard InChI is InChI=1S/C12H14F3NO/c13-12(14,15)10-7-9(3-4-11(10)17)8-16-5-1-2-6-16/h3-4,7,17H,1-2,5-6,8H2. The molecular formula is C12H14F3NO. The first-order chi connectivity index (χ1) is 7.97. The fourth-order valence-electron chi connectivity index (χ4n) is 2.11. The number of halogens is 3. The molecule has 0 amide bonds. The SMILES string of the molecule is Oc1ccc(CN2CCCC2)cc1C(F)(F)F. The van der Waals surface area contributed by atoms with Gasteiger partial charge in [0.2, 0.25) is 0 Å². The van der Waals surface area contributed by atoms with E-state index in [4.69, 9.17) is 0 Å². The van der Waals surface area contributed by atoms with Crippen LogP contribution in [0.2, 0.25) is 0 Å². The van der Waals surface area contributed by atoms with E-state index in [0.717, 1.165) is 38.1 Å². The maximum absolute atomic E-state index is 12.6. The number of alkyl halides is 3. The maximum atomic E-state index is 12.6. The average Bonchev–Trinajstić information content (AvgIpc) is 2.72. The van der Waals surface area contributed by atoms with E-state index in [1.54, 1.807) is 6.07 Å². The van der Waals surface area contributed by atoms with Crippen molar-refractivity contribution in [1.29, 1.82) is 0 Å². The summed E-state index contributed by atoms with van der Waals surface area (Å²) in [6, 6.07) is 3.70. The molecular weight excluding hydrogens is 231 g/mol. The van der Waals surface area contributed by atoms with Crippen LogP contribution in [-0.2, 0) is 12.7 Å². The van der Waals surface area contributed by atoms with E-state index < -0.39 is 17.5 Å². The summed E-state index contributed by atoms with van der Waals surface area (Å²) in [6.07, 6.45) is -2.29. The molecule has 1 aliphatic rings. The summed E-state index contributed by atoms with van der Waals surface area (Å²) in [6.45, 7) is 2.38. The molecule has 0 aromatic heterocycles. The third kappa shape index (κ3) is 2.91. The highest BCUT2D eigenvalue weighted by molar-refractivity contribution is 5.38. The van der Waals surface area contributed by atoms with Gasteiger partial charge in [0, 0.05) is 6.54 Å². The van der Waals surface area contributed by atoms with E-state index in [2.05, 4.69) is 4.90 Å². The Hall–Kier alpha value is -1.23. The lowest BCUT2D eigenvalue weighted by molar-refractivity contribution is -0.138. The second-order valence-electron chi connectivity index (χ2n) is 4.33. The zero-order valence-corrected chi connectivity index (χ0v) is 9.30. The minimum absolute atomic E-state index is 0.517. The normalized spacial score (nSPS) is 17.6. The van der Waals surface area contributed by atoms with Crippen molar-refractivity contribution < 1.29 is 18.3 Å². The smallest absolute Gasteiger partial charge is 0.419 e. The lowest BCUT2D eigenvalue weighted by atomic mass is 10.1. The first-order valence-corrected chi connectivity index (χ1v) is 5.58. The van der Waals surface area contributed by atoms with Gasteiger partial charge in [0.25, 0.3) is 0 Å². The van der Waals surface area contributed by atoms with Gasteiger partial charge in [-0.1, -0.05) is 6.07 Å². The molecule has 1 aromatic rings. The molecule has 1 fully saturated rings. The monoisotopic (exact) mass is 245 g/mol. The van der Waals surface area contributed by atoms with E-state index in [1.807, 2.05) is 0 Å². The van der Waals surface area contributed by atoms with Crippen molar-refractivity contribution in [2.24, 2.45) is 0 Å². The molecule has 0 unspecified atom stereocenters. The molecule has 0 bridgehead atoms. The van der Waals surface area contributed by atoms with Gasteiger partial charge < -0.3 is 5.11 Å². The number of phenols is 1. The Bertz CT molecular complexity index is 397. The molecule has 0 radical (unpaired) electrons. The summed E-state index contributed by atoms with van der Waals surface area (Å²) in [5, 5.41) is 9.20. The van der Waals surface area contributed by atoms with Crippen molar-refractivity contribution >= 4 is 0 Å². The van der Waals surface area contributed by atoms with Crippen molar-refractivity contribution in [2.45, 2.75) is 25.6 Å². The summed E-state index contributed by atoms with van der Waals surface area (Å²) in [5.41, 5.74) is -0.355. The lowest BCUT2D eigenvalue weighted by Gasteiger charge is -2.16. The van der Waals surface area contributed by atoms with Crippen LogP contribution in [0.1, 0.15) is 24.0 Å². The minimum atomic E-state index is -4.49. The van der Waals surface area contributed by atoms with Crippen LogP contribution in [-0.4, -0.2) is 23.1 Å². The third-order valence-electron chi connectivity index (χ3n) is 2.97. The fourth-order valence-corrected chi connectivity index (χ4v) is 2.11. The van der Waals surface area contributed by atoms with Crippen LogP contribution in [0.15, 0.2) is 18.2 Å². The van der Waals surface area contributed by atoms with Gasteiger partial charge in [0.1, 0.15) is 5.75 Å². The number of rotatable bonds is 2. The predicted octanol–water partition coefficient (Wildman–Crippen LogP) is 3.01. The van der Waals surface area contributed by atoms with Gasteiger partial charge in [-0.2, -0.15) is 13.2 Å². The highest BCUT2D eigenvalue weighted by Gasteiger charge is 2.34. The number of hydrogen-bond acceptors (Lipinski definition) is 2. The highest BCUT2D eigenvalue weighted by Crippen LogP contribution is 2.36. The van der Waals surface area contributed by atoms with Crippen LogP contribution in [0, 0.1) is 0 Å². The van der Waals surface area contributed by atoms with E-state index in [0.29, 0.717) is 12.1 Å². The van der Waals surface area contributed by atoms with Crippen LogP contribution in [0.4, 0.5) is 13.2 Å². The van der Waals surface area contributed by atoms with Crippen LogP contribution >= 0.6 is 0 Å². The molecule has 1 heterocycles. The summed E-state index contributed by atoms with van der Waals surface area (Å²) >= 11 is 0. The predicted molar refractivity (Wildman–Crippen MR) is 57.6 cm³/mol. The average molecular weight is 245 g/mol. The number of aromatic hydroxyl groups is 1. The van der Waals surface area contributed by atoms with E-state index in [9.17, 15) is 18.3 Å². The number of benzene rings is 1. The Morgan fingerprint density at radius 1 is 1.18 bits per heavy atom. The van der Waals surface area contributed by atoms with E-state index in [-0.39, 0.29) is 0 Å². The Balaban J connectivity index is 2.18. The van der Waals surface area contributed by atoms with Gasteiger partial charge in [0.15, 0.2) is 0 Å². The highest BCUT2D eigenvalue weighted by atomic mass is 19.4. The Morgan fingerprint density at radius 2 is 1.82 bits per heavy atom. The molecule has 5 heteroatoms. The van der Waals surface area contributed by atoms with Gasteiger partial charge in [-0.05, 0) is 43.6 Å². The largest absolute Gasteiger partial charge is 0.507 e. The van der Waals surface area contributed by atoms with Crippen LogP contribution in [0.25, 0.3) is 0 Å². The Kier molecular flexibility index (Phi) is 3.28. The van der Waals surface area contributed by atoms with Crippen molar-refractivity contribution in [3.63, 3.8) is 0 Å². The van der Waals surface area contributed by atoms with Crippen LogP contribution < -0.4 is 0 Å². The molecule has 94 valence electrons. The minimum Gasteiger partial charge on any atom is -0.507 e. The molecule has 1 aliphatic heterocycles. The molecule has 0 atom stereocenters. The third-order valence-corrected chi connectivity index (χ3v) is 2.97. The molecule has 1 N–H and O–H groups in total. The Morgan fingerprint density at radius 3 is 2.41 bits per heavy atom. The van der Waals surface area contributed by atoms with Crippen LogP contribution in [0.3, 0.4) is 0 Å². The van der Waals surface area contributed by atoms with Crippen LogP contribution in [0.5, 0.6) is 5.75 Å². The van der Waals surface area contributed by atoms with Gasteiger partial charge in [-0.3, -0.25) is 4.90 Å². The number of phenolic OH excluding ortho intramolecular Hbond substituents is 1.